The molecule has 0 spiro atoms. The van der Waals surface area contributed by atoms with Crippen LogP contribution in [0.1, 0.15) is 30.4 Å². The van der Waals surface area contributed by atoms with Gasteiger partial charge in [0.05, 0.1) is 23.6 Å². The van der Waals surface area contributed by atoms with Gasteiger partial charge in [-0.1, -0.05) is 0 Å². The normalized spacial score (nSPS) is 15.9. The average Bonchev–Trinajstić information content (AvgIpc) is 2.58. The Balaban J connectivity index is 2.55. The van der Waals surface area contributed by atoms with Crippen LogP contribution < -0.4 is 9.47 Å². The van der Waals surface area contributed by atoms with Crippen LogP contribution in [-0.2, 0) is 4.79 Å². The molecule has 1 heterocycles. The van der Waals surface area contributed by atoms with Gasteiger partial charge in [0, 0.05) is 6.42 Å². The summed E-state index contributed by atoms with van der Waals surface area (Å²) < 4.78 is 12.1. The van der Waals surface area contributed by atoms with E-state index in [4.69, 9.17) is 14.6 Å². The Morgan fingerprint density at radius 3 is 2.61 bits per heavy atom. The Labute approximate surface area is 114 Å². The maximum atomic E-state index is 11.1. The van der Waals surface area contributed by atoms with E-state index >= 15 is 0 Å². The number of hydrogen-bond acceptors (Lipinski definition) is 3. The van der Waals surface area contributed by atoms with Crippen molar-refractivity contribution in [3.63, 3.8) is 0 Å². The lowest BCUT2D eigenvalue weighted by Gasteiger charge is -2.18. The van der Waals surface area contributed by atoms with Crippen molar-refractivity contribution in [3.8, 4) is 11.5 Å². The highest BCUT2D eigenvalue weighted by Gasteiger charge is 2.24. The highest BCUT2D eigenvalue weighted by atomic mass is 79.9. The summed E-state index contributed by atoms with van der Waals surface area (Å²) in [4.78, 5) is 11.1. The van der Waals surface area contributed by atoms with Gasteiger partial charge in [0.15, 0.2) is 11.5 Å². The maximum Gasteiger partial charge on any atom is 0.310 e. The van der Waals surface area contributed by atoms with Crippen molar-refractivity contribution in [2.75, 3.05) is 13.2 Å². The first-order valence-corrected chi connectivity index (χ1v) is 6.63. The molecule has 1 aromatic rings. The summed E-state index contributed by atoms with van der Waals surface area (Å²) >= 11 is 3.42. The SMILES string of the molecule is Cc1c(C(C)C(=O)O)cc(Br)c2c1OCCCO2. The van der Waals surface area contributed by atoms with Crippen LogP contribution in [-0.4, -0.2) is 24.3 Å². The number of halogens is 1. The van der Waals surface area contributed by atoms with Crippen LogP contribution in [0.15, 0.2) is 10.5 Å². The second kappa shape index (κ2) is 5.18. The first kappa shape index (κ1) is 13.2. The molecule has 0 amide bonds. The molecule has 18 heavy (non-hydrogen) atoms. The summed E-state index contributed by atoms with van der Waals surface area (Å²) in [6.07, 6.45) is 0.824. The van der Waals surface area contributed by atoms with Gasteiger partial charge in [0.2, 0.25) is 0 Å². The summed E-state index contributed by atoms with van der Waals surface area (Å²) in [6.45, 7) is 4.74. The van der Waals surface area contributed by atoms with Crippen molar-refractivity contribution in [3.05, 3.63) is 21.7 Å². The molecule has 0 aromatic heterocycles. The molecule has 0 radical (unpaired) electrons. The highest BCUT2D eigenvalue weighted by molar-refractivity contribution is 9.10. The molecule has 2 rings (SSSR count). The van der Waals surface area contributed by atoms with Crippen molar-refractivity contribution in [1.82, 2.24) is 0 Å². The minimum Gasteiger partial charge on any atom is -0.489 e. The fourth-order valence-corrected chi connectivity index (χ4v) is 2.56. The van der Waals surface area contributed by atoms with Crippen LogP contribution >= 0.6 is 15.9 Å². The molecule has 1 aliphatic rings. The number of benzene rings is 1. The topological polar surface area (TPSA) is 55.8 Å². The standard InChI is InChI=1S/C13H15BrO4/c1-7-9(8(2)13(15)16)6-10(14)12-11(7)17-4-3-5-18-12/h6,8H,3-5H2,1-2H3,(H,15,16). The van der Waals surface area contributed by atoms with Crippen LogP contribution in [0, 0.1) is 6.92 Å². The van der Waals surface area contributed by atoms with Crippen LogP contribution in [0.3, 0.4) is 0 Å². The van der Waals surface area contributed by atoms with Gasteiger partial charge in [-0.3, -0.25) is 4.79 Å². The molecular weight excluding hydrogens is 300 g/mol. The van der Waals surface area contributed by atoms with Crippen LogP contribution in [0.4, 0.5) is 0 Å². The lowest BCUT2D eigenvalue weighted by molar-refractivity contribution is -0.138. The van der Waals surface area contributed by atoms with E-state index in [-0.39, 0.29) is 0 Å². The van der Waals surface area contributed by atoms with E-state index in [9.17, 15) is 4.79 Å². The van der Waals surface area contributed by atoms with Crippen molar-refractivity contribution in [2.24, 2.45) is 0 Å². The van der Waals surface area contributed by atoms with E-state index in [0.717, 1.165) is 22.0 Å². The molecule has 0 fully saturated rings. The van der Waals surface area contributed by atoms with Gasteiger partial charge < -0.3 is 14.6 Å². The van der Waals surface area contributed by atoms with Gasteiger partial charge in [0.1, 0.15) is 0 Å². The van der Waals surface area contributed by atoms with E-state index in [0.29, 0.717) is 24.7 Å². The van der Waals surface area contributed by atoms with Gasteiger partial charge in [-0.2, -0.15) is 0 Å². The van der Waals surface area contributed by atoms with E-state index < -0.39 is 11.9 Å². The third kappa shape index (κ3) is 2.32. The van der Waals surface area contributed by atoms with E-state index in [1.165, 1.54) is 0 Å². The molecule has 98 valence electrons. The number of hydrogen-bond donors (Lipinski definition) is 1. The second-order valence-electron chi connectivity index (χ2n) is 4.34. The van der Waals surface area contributed by atoms with Gasteiger partial charge in [-0.25, -0.2) is 0 Å². The minimum absolute atomic E-state index is 0.571. The molecule has 0 saturated carbocycles. The Kier molecular flexibility index (Phi) is 3.80. The fraction of sp³-hybridized carbons (Fsp3) is 0.462. The summed E-state index contributed by atoms with van der Waals surface area (Å²) in [6, 6.07) is 1.81. The summed E-state index contributed by atoms with van der Waals surface area (Å²) in [5.74, 6) is -0.0887. The monoisotopic (exact) mass is 314 g/mol. The van der Waals surface area contributed by atoms with Gasteiger partial charge >= 0.3 is 5.97 Å². The second-order valence-corrected chi connectivity index (χ2v) is 5.20. The Morgan fingerprint density at radius 1 is 1.39 bits per heavy atom. The Hall–Kier alpha value is -1.23. The van der Waals surface area contributed by atoms with Crippen LogP contribution in [0.5, 0.6) is 11.5 Å². The van der Waals surface area contributed by atoms with E-state index in [1.807, 2.05) is 13.0 Å². The lowest BCUT2D eigenvalue weighted by atomic mass is 9.95. The quantitative estimate of drug-likeness (QED) is 0.911. The third-order valence-electron chi connectivity index (χ3n) is 3.10. The third-order valence-corrected chi connectivity index (χ3v) is 3.69. The van der Waals surface area contributed by atoms with Gasteiger partial charge in [0.25, 0.3) is 0 Å². The predicted octanol–water partition coefficient (Wildman–Crippen LogP) is 3.11. The molecule has 1 aromatic carbocycles. The zero-order valence-corrected chi connectivity index (χ0v) is 11.9. The smallest absolute Gasteiger partial charge is 0.310 e. The van der Waals surface area contributed by atoms with E-state index in [1.54, 1.807) is 6.92 Å². The molecule has 0 saturated heterocycles. The van der Waals surface area contributed by atoms with Crippen LogP contribution in [0.2, 0.25) is 0 Å². The lowest BCUT2D eigenvalue weighted by Crippen LogP contribution is -2.10. The zero-order chi connectivity index (χ0) is 13.3. The number of fused-ring (bicyclic) bond motifs is 1. The molecule has 0 bridgehead atoms. The predicted molar refractivity (Wildman–Crippen MR) is 70.5 cm³/mol. The van der Waals surface area contributed by atoms with Crippen molar-refractivity contribution < 1.29 is 19.4 Å². The number of ether oxygens (including phenoxy) is 2. The molecule has 0 aliphatic carbocycles. The molecule has 1 aliphatic heterocycles. The van der Waals surface area contributed by atoms with E-state index in [2.05, 4.69) is 15.9 Å². The van der Waals surface area contributed by atoms with Crippen molar-refractivity contribution in [2.45, 2.75) is 26.2 Å². The van der Waals surface area contributed by atoms with Crippen molar-refractivity contribution in [1.29, 1.82) is 0 Å². The van der Waals surface area contributed by atoms with Gasteiger partial charge in [-0.15, -0.1) is 0 Å². The first-order valence-electron chi connectivity index (χ1n) is 5.83. The number of aliphatic carboxylic acids is 1. The molecular formula is C13H15BrO4. The molecule has 1 N–H and O–H groups in total. The molecule has 4 nitrogen and oxygen atoms in total. The molecule has 1 unspecified atom stereocenters. The van der Waals surface area contributed by atoms with Crippen LogP contribution in [0.25, 0.3) is 0 Å². The summed E-state index contributed by atoms with van der Waals surface area (Å²) in [5.41, 5.74) is 1.59. The zero-order valence-electron chi connectivity index (χ0n) is 10.3. The van der Waals surface area contributed by atoms with Crippen molar-refractivity contribution >= 4 is 21.9 Å². The number of carbonyl (C=O) groups is 1. The summed E-state index contributed by atoms with van der Waals surface area (Å²) in [7, 11) is 0. The highest BCUT2D eigenvalue weighted by Crippen LogP contribution is 2.43. The van der Waals surface area contributed by atoms with Gasteiger partial charge in [-0.05, 0) is 47.0 Å². The molecule has 1 atom stereocenters. The Morgan fingerprint density at radius 2 is 2.00 bits per heavy atom. The maximum absolute atomic E-state index is 11.1. The summed E-state index contributed by atoms with van der Waals surface area (Å²) in [5, 5.41) is 9.12. The average molecular weight is 315 g/mol. The number of rotatable bonds is 2. The first-order chi connectivity index (χ1) is 8.52. The molecule has 5 heteroatoms. The number of carboxylic acid groups (broad SMARTS) is 1. The Bertz CT molecular complexity index is 484. The minimum atomic E-state index is -0.848. The largest absolute Gasteiger partial charge is 0.489 e. The fourth-order valence-electron chi connectivity index (χ4n) is 2.02. The number of carboxylic acids is 1.